The fraction of sp³-hybridized carbons (Fsp3) is 0.273. The third kappa shape index (κ3) is 3.74. The highest BCUT2D eigenvalue weighted by Gasteiger charge is 2.22. The Morgan fingerprint density at radius 3 is 2.82 bits per heavy atom. The van der Waals surface area contributed by atoms with Crippen molar-refractivity contribution in [3.63, 3.8) is 0 Å². The van der Waals surface area contributed by atoms with Crippen molar-refractivity contribution >= 4 is 27.8 Å². The van der Waals surface area contributed by atoms with E-state index >= 15 is 0 Å². The molecule has 1 amide bonds. The highest BCUT2D eigenvalue weighted by atomic mass is 79.9. The minimum atomic E-state index is -1.08. The van der Waals surface area contributed by atoms with Gasteiger partial charge < -0.3 is 14.8 Å². The molecule has 1 heterocycles. The van der Waals surface area contributed by atoms with Crippen LogP contribution in [0.2, 0.25) is 0 Å². The van der Waals surface area contributed by atoms with E-state index in [1.165, 1.54) is 6.26 Å². The van der Waals surface area contributed by atoms with E-state index in [4.69, 9.17) is 9.52 Å². The number of nitrogens with one attached hydrogen (secondary N) is 1. The molecule has 5 nitrogen and oxygen atoms in total. The second-order valence-corrected chi connectivity index (χ2v) is 4.18. The van der Waals surface area contributed by atoms with Gasteiger partial charge in [-0.15, -0.1) is 6.58 Å². The Labute approximate surface area is 107 Å². The van der Waals surface area contributed by atoms with Crippen LogP contribution in [-0.2, 0) is 4.79 Å². The predicted molar refractivity (Wildman–Crippen MR) is 64.7 cm³/mol. The number of hydrogen-bond donors (Lipinski definition) is 2. The Bertz CT molecular complexity index is 427. The smallest absolute Gasteiger partial charge is 0.326 e. The van der Waals surface area contributed by atoms with Crippen LogP contribution in [0.4, 0.5) is 0 Å². The van der Waals surface area contributed by atoms with Crippen molar-refractivity contribution in [2.75, 3.05) is 0 Å². The normalized spacial score (nSPS) is 11.8. The summed E-state index contributed by atoms with van der Waals surface area (Å²) in [5, 5.41) is 11.3. The van der Waals surface area contributed by atoms with Crippen LogP contribution in [0.15, 0.2) is 33.9 Å². The summed E-state index contributed by atoms with van der Waals surface area (Å²) in [4.78, 5) is 22.6. The molecule has 17 heavy (non-hydrogen) atoms. The number of carboxylic acid groups (broad SMARTS) is 1. The molecular formula is C11H12BrNO4. The van der Waals surface area contributed by atoms with E-state index in [-0.39, 0.29) is 5.76 Å². The van der Waals surface area contributed by atoms with Crippen LogP contribution in [0.25, 0.3) is 0 Å². The second kappa shape index (κ2) is 6.24. The zero-order chi connectivity index (χ0) is 12.8. The lowest BCUT2D eigenvalue weighted by Crippen LogP contribution is -2.40. The van der Waals surface area contributed by atoms with Crippen molar-refractivity contribution < 1.29 is 19.1 Å². The van der Waals surface area contributed by atoms with Crippen LogP contribution in [0.3, 0.4) is 0 Å². The molecule has 0 bridgehead atoms. The average Bonchev–Trinajstić information content (AvgIpc) is 2.70. The predicted octanol–water partition coefficient (Wildman–Crippen LogP) is 2.19. The van der Waals surface area contributed by atoms with Gasteiger partial charge in [0.2, 0.25) is 5.76 Å². The average molecular weight is 302 g/mol. The van der Waals surface area contributed by atoms with Gasteiger partial charge in [0.1, 0.15) is 6.04 Å². The summed E-state index contributed by atoms with van der Waals surface area (Å²) < 4.78 is 5.43. The van der Waals surface area contributed by atoms with Crippen molar-refractivity contribution in [1.82, 2.24) is 5.32 Å². The van der Waals surface area contributed by atoms with Crippen LogP contribution in [0, 0.1) is 0 Å². The molecule has 0 aliphatic carbocycles. The molecule has 2 N–H and O–H groups in total. The van der Waals surface area contributed by atoms with Crippen LogP contribution in [0.5, 0.6) is 0 Å². The Balaban J connectivity index is 2.67. The Kier molecular flexibility index (Phi) is 4.96. The topological polar surface area (TPSA) is 79.5 Å². The standard InChI is InChI=1S/C11H12BrNO4/c1-2-3-4-8(11(15)16)13-10(14)9-7(12)5-6-17-9/h2,5-6,8H,1,3-4H2,(H,13,14)(H,15,16). The molecule has 0 spiro atoms. The van der Waals surface area contributed by atoms with Crippen molar-refractivity contribution in [2.45, 2.75) is 18.9 Å². The van der Waals surface area contributed by atoms with E-state index in [0.717, 1.165) is 0 Å². The van der Waals surface area contributed by atoms with Crippen LogP contribution in [0.1, 0.15) is 23.4 Å². The number of carbonyl (C=O) groups excluding carboxylic acids is 1. The van der Waals surface area contributed by atoms with Crippen molar-refractivity contribution in [1.29, 1.82) is 0 Å². The van der Waals surface area contributed by atoms with Gasteiger partial charge >= 0.3 is 5.97 Å². The molecule has 1 rings (SSSR count). The summed E-state index contributed by atoms with van der Waals surface area (Å²) >= 11 is 3.13. The van der Waals surface area contributed by atoms with Crippen molar-refractivity contribution in [3.05, 3.63) is 35.2 Å². The van der Waals surface area contributed by atoms with E-state index in [9.17, 15) is 9.59 Å². The summed E-state index contributed by atoms with van der Waals surface area (Å²) in [6, 6.07) is 0.617. The lowest BCUT2D eigenvalue weighted by atomic mass is 10.1. The molecule has 0 radical (unpaired) electrons. The monoisotopic (exact) mass is 301 g/mol. The van der Waals surface area contributed by atoms with E-state index in [1.807, 2.05) is 0 Å². The van der Waals surface area contributed by atoms with Crippen molar-refractivity contribution in [2.24, 2.45) is 0 Å². The maximum atomic E-state index is 11.7. The van der Waals surface area contributed by atoms with E-state index in [2.05, 4.69) is 27.8 Å². The lowest BCUT2D eigenvalue weighted by molar-refractivity contribution is -0.139. The molecule has 1 unspecified atom stereocenters. The molecule has 1 atom stereocenters. The van der Waals surface area contributed by atoms with Crippen LogP contribution >= 0.6 is 15.9 Å². The van der Waals surface area contributed by atoms with Gasteiger partial charge in [0.05, 0.1) is 10.7 Å². The maximum absolute atomic E-state index is 11.7. The molecule has 0 fully saturated rings. The maximum Gasteiger partial charge on any atom is 0.326 e. The van der Waals surface area contributed by atoms with Gasteiger partial charge in [0.25, 0.3) is 5.91 Å². The van der Waals surface area contributed by atoms with E-state index in [0.29, 0.717) is 17.3 Å². The molecule has 0 aliphatic heterocycles. The second-order valence-electron chi connectivity index (χ2n) is 3.33. The number of amides is 1. The van der Waals surface area contributed by atoms with Gasteiger partial charge in [0, 0.05) is 0 Å². The number of allylic oxidation sites excluding steroid dienone is 1. The van der Waals surface area contributed by atoms with E-state index < -0.39 is 17.9 Å². The lowest BCUT2D eigenvalue weighted by Gasteiger charge is -2.12. The third-order valence-corrected chi connectivity index (χ3v) is 2.71. The zero-order valence-electron chi connectivity index (χ0n) is 8.98. The molecule has 0 aliphatic rings. The van der Waals surface area contributed by atoms with Gasteiger partial charge in [0.15, 0.2) is 0 Å². The molecule has 92 valence electrons. The number of carbonyl (C=O) groups is 2. The molecule has 1 aromatic rings. The minimum absolute atomic E-state index is 0.0647. The summed E-state index contributed by atoms with van der Waals surface area (Å²) in [6.45, 7) is 3.50. The Morgan fingerprint density at radius 2 is 2.35 bits per heavy atom. The quantitative estimate of drug-likeness (QED) is 0.789. The largest absolute Gasteiger partial charge is 0.480 e. The first-order valence-electron chi connectivity index (χ1n) is 4.93. The van der Waals surface area contributed by atoms with Gasteiger partial charge in [-0.05, 0) is 34.8 Å². The molecule has 0 saturated carbocycles. The molecule has 6 heteroatoms. The number of carboxylic acids is 1. The molecular weight excluding hydrogens is 290 g/mol. The molecule has 0 aromatic carbocycles. The van der Waals surface area contributed by atoms with Gasteiger partial charge in [-0.25, -0.2) is 4.79 Å². The first-order valence-corrected chi connectivity index (χ1v) is 5.73. The first kappa shape index (κ1) is 13.5. The van der Waals surface area contributed by atoms with Crippen LogP contribution < -0.4 is 5.32 Å². The Morgan fingerprint density at radius 1 is 1.65 bits per heavy atom. The number of halogens is 1. The van der Waals surface area contributed by atoms with Gasteiger partial charge in [-0.1, -0.05) is 6.08 Å². The summed E-state index contributed by atoms with van der Waals surface area (Å²) in [5.74, 6) is -1.57. The third-order valence-electron chi connectivity index (χ3n) is 2.09. The summed E-state index contributed by atoms with van der Waals surface area (Å²) in [7, 11) is 0. The number of hydrogen-bond acceptors (Lipinski definition) is 3. The van der Waals surface area contributed by atoms with E-state index in [1.54, 1.807) is 12.1 Å². The fourth-order valence-corrected chi connectivity index (χ4v) is 1.60. The van der Waals surface area contributed by atoms with Crippen molar-refractivity contribution in [3.8, 4) is 0 Å². The molecule has 1 aromatic heterocycles. The number of rotatable bonds is 6. The highest BCUT2D eigenvalue weighted by molar-refractivity contribution is 9.10. The summed E-state index contributed by atoms with van der Waals surface area (Å²) in [6.07, 6.45) is 3.75. The number of aliphatic carboxylic acids is 1. The minimum Gasteiger partial charge on any atom is -0.480 e. The molecule has 0 saturated heterocycles. The zero-order valence-corrected chi connectivity index (χ0v) is 10.6. The highest BCUT2D eigenvalue weighted by Crippen LogP contribution is 2.17. The van der Waals surface area contributed by atoms with Gasteiger partial charge in [-0.3, -0.25) is 4.79 Å². The first-order chi connectivity index (χ1) is 8.06. The SMILES string of the molecule is C=CCCC(NC(=O)c1occc1Br)C(=O)O. The summed E-state index contributed by atoms with van der Waals surface area (Å²) in [5.41, 5.74) is 0. The number of furan rings is 1. The Hall–Kier alpha value is -1.56. The van der Waals surface area contributed by atoms with Gasteiger partial charge in [-0.2, -0.15) is 0 Å². The fourth-order valence-electron chi connectivity index (χ4n) is 1.22. The van der Waals surface area contributed by atoms with Crippen LogP contribution in [-0.4, -0.2) is 23.0 Å².